The zero-order valence-electron chi connectivity index (χ0n) is 16.8. The van der Waals surface area contributed by atoms with Crippen molar-refractivity contribution < 1.29 is 14.3 Å². The molecule has 1 aromatic carbocycles. The Bertz CT molecular complexity index is 967. The van der Waals surface area contributed by atoms with Gasteiger partial charge in [-0.05, 0) is 37.6 Å². The van der Waals surface area contributed by atoms with E-state index in [1.54, 1.807) is 30.0 Å². The lowest BCUT2D eigenvalue weighted by molar-refractivity contribution is -0.117. The summed E-state index contributed by atoms with van der Waals surface area (Å²) < 4.78 is 5.13. The molecule has 29 heavy (non-hydrogen) atoms. The molecule has 0 unspecified atom stereocenters. The highest BCUT2D eigenvalue weighted by molar-refractivity contribution is 5.96. The minimum Gasteiger partial charge on any atom is -0.462 e. The number of fused-ring (bicyclic) bond motifs is 1. The largest absolute Gasteiger partial charge is 0.462 e. The molecule has 0 fully saturated rings. The van der Waals surface area contributed by atoms with Crippen molar-refractivity contribution in [1.29, 1.82) is 5.26 Å². The van der Waals surface area contributed by atoms with Gasteiger partial charge in [-0.15, -0.1) is 0 Å². The van der Waals surface area contributed by atoms with E-state index in [0.29, 0.717) is 11.4 Å². The molecule has 0 spiro atoms. The summed E-state index contributed by atoms with van der Waals surface area (Å²) in [6.07, 6.45) is 2.90. The summed E-state index contributed by atoms with van der Waals surface area (Å²) in [6, 6.07) is 6.88. The van der Waals surface area contributed by atoms with Crippen molar-refractivity contribution in [2.75, 3.05) is 16.8 Å². The topological polar surface area (TPSA) is 108 Å². The summed E-state index contributed by atoms with van der Waals surface area (Å²) in [4.78, 5) is 34.6. The van der Waals surface area contributed by atoms with Crippen molar-refractivity contribution in [3.8, 4) is 6.07 Å². The first-order chi connectivity index (χ1) is 13.9. The molecule has 0 radical (unpaired) electrons. The highest BCUT2D eigenvalue weighted by Gasteiger charge is 2.38. The van der Waals surface area contributed by atoms with E-state index in [1.807, 2.05) is 19.9 Å². The van der Waals surface area contributed by atoms with E-state index in [-0.39, 0.29) is 36.2 Å². The Balaban J connectivity index is 2.06. The predicted molar refractivity (Wildman–Crippen MR) is 107 cm³/mol. The van der Waals surface area contributed by atoms with Gasteiger partial charge in [0, 0.05) is 24.6 Å². The number of nitrogens with one attached hydrogen (secondary N) is 1. The Labute approximate surface area is 169 Å². The Hall–Kier alpha value is -3.47. The second-order valence-electron chi connectivity index (χ2n) is 7.00. The van der Waals surface area contributed by atoms with Crippen LogP contribution in [-0.2, 0) is 9.53 Å². The highest BCUT2D eigenvalue weighted by Crippen LogP contribution is 2.42. The monoisotopic (exact) mass is 393 g/mol. The SMILES string of the molecule is CCOC(=O)c1ccc2c(c1)[C@H](Nc1cnc(C#N)cn1)[C@@H](C)[C@H](C)N2C(C)=O. The smallest absolute Gasteiger partial charge is 0.338 e. The van der Waals surface area contributed by atoms with Crippen LogP contribution in [0.2, 0.25) is 0 Å². The van der Waals surface area contributed by atoms with Gasteiger partial charge in [-0.3, -0.25) is 4.79 Å². The van der Waals surface area contributed by atoms with Crippen LogP contribution in [0, 0.1) is 17.2 Å². The molecule has 8 nitrogen and oxygen atoms in total. The van der Waals surface area contributed by atoms with E-state index in [4.69, 9.17) is 10.00 Å². The van der Waals surface area contributed by atoms with Gasteiger partial charge in [0.2, 0.25) is 5.91 Å². The number of benzene rings is 1. The van der Waals surface area contributed by atoms with E-state index in [0.717, 1.165) is 11.3 Å². The zero-order chi connectivity index (χ0) is 21.1. The molecular weight excluding hydrogens is 370 g/mol. The number of hydrogen-bond donors (Lipinski definition) is 1. The van der Waals surface area contributed by atoms with Crippen LogP contribution in [0.15, 0.2) is 30.6 Å². The first-order valence-corrected chi connectivity index (χ1v) is 9.46. The second kappa shape index (κ2) is 8.27. The van der Waals surface area contributed by atoms with Gasteiger partial charge in [-0.25, -0.2) is 14.8 Å². The van der Waals surface area contributed by atoms with E-state index in [9.17, 15) is 9.59 Å². The summed E-state index contributed by atoms with van der Waals surface area (Å²) >= 11 is 0. The van der Waals surface area contributed by atoms with Crippen molar-refractivity contribution in [3.05, 3.63) is 47.4 Å². The minimum absolute atomic E-state index is 0.0151. The highest BCUT2D eigenvalue weighted by atomic mass is 16.5. The van der Waals surface area contributed by atoms with Crippen molar-refractivity contribution >= 4 is 23.4 Å². The van der Waals surface area contributed by atoms with Gasteiger partial charge in [0.05, 0.1) is 30.6 Å². The van der Waals surface area contributed by atoms with Crippen LogP contribution < -0.4 is 10.2 Å². The molecule has 3 atom stereocenters. The van der Waals surface area contributed by atoms with Gasteiger partial charge < -0.3 is 15.0 Å². The molecule has 1 amide bonds. The number of hydrogen-bond acceptors (Lipinski definition) is 7. The minimum atomic E-state index is -0.409. The fourth-order valence-electron chi connectivity index (χ4n) is 3.67. The molecule has 150 valence electrons. The van der Waals surface area contributed by atoms with Gasteiger partial charge in [0.25, 0.3) is 0 Å². The summed E-state index contributed by atoms with van der Waals surface area (Å²) in [5.74, 6) is 0.0528. The fourth-order valence-corrected chi connectivity index (χ4v) is 3.67. The normalized spacial score (nSPS) is 20.4. The lowest BCUT2D eigenvalue weighted by atomic mass is 9.82. The standard InChI is InChI=1S/C21H23N5O3/c1-5-29-21(28)15-6-7-18-17(8-15)20(12(2)13(3)26(18)14(4)27)25-19-11-23-16(9-22)10-24-19/h6-8,10-13,20H,5H2,1-4H3,(H,24,25)/t12-,13-,20+/m0/s1. The second-order valence-corrected chi connectivity index (χ2v) is 7.00. The van der Waals surface area contributed by atoms with Crippen molar-refractivity contribution in [2.24, 2.45) is 5.92 Å². The summed E-state index contributed by atoms with van der Waals surface area (Å²) in [5.41, 5.74) is 2.21. The maximum Gasteiger partial charge on any atom is 0.338 e. The van der Waals surface area contributed by atoms with E-state index in [2.05, 4.69) is 15.3 Å². The van der Waals surface area contributed by atoms with Crippen LogP contribution in [0.4, 0.5) is 11.5 Å². The van der Waals surface area contributed by atoms with E-state index < -0.39 is 5.97 Å². The van der Waals surface area contributed by atoms with Gasteiger partial charge in [-0.2, -0.15) is 5.26 Å². The van der Waals surface area contributed by atoms with Gasteiger partial charge >= 0.3 is 5.97 Å². The summed E-state index contributed by atoms with van der Waals surface area (Å²) in [7, 11) is 0. The third kappa shape index (κ3) is 3.90. The van der Waals surface area contributed by atoms with Gasteiger partial charge in [0.1, 0.15) is 11.9 Å². The quantitative estimate of drug-likeness (QED) is 0.795. The van der Waals surface area contributed by atoms with Crippen molar-refractivity contribution in [1.82, 2.24) is 9.97 Å². The van der Waals surface area contributed by atoms with Crippen LogP contribution in [-0.4, -0.2) is 34.5 Å². The number of carbonyl (C=O) groups excluding carboxylic acids is 2. The Morgan fingerprint density at radius 1 is 1.28 bits per heavy atom. The molecule has 2 heterocycles. The Kier molecular flexibility index (Phi) is 5.78. The van der Waals surface area contributed by atoms with Gasteiger partial charge in [-0.1, -0.05) is 6.92 Å². The molecule has 0 saturated heterocycles. The number of carbonyl (C=O) groups is 2. The van der Waals surface area contributed by atoms with Crippen LogP contribution in [0.25, 0.3) is 0 Å². The van der Waals surface area contributed by atoms with Crippen molar-refractivity contribution in [2.45, 2.75) is 39.8 Å². The number of amides is 1. The number of anilines is 2. The lowest BCUT2D eigenvalue weighted by Crippen LogP contribution is -2.48. The molecule has 2 aromatic rings. The van der Waals surface area contributed by atoms with Gasteiger partial charge in [0.15, 0.2) is 5.69 Å². The third-order valence-electron chi connectivity index (χ3n) is 5.24. The zero-order valence-corrected chi connectivity index (χ0v) is 16.8. The molecule has 3 rings (SSSR count). The molecule has 0 saturated carbocycles. The maximum absolute atomic E-state index is 12.3. The first kappa shape index (κ1) is 20.3. The first-order valence-electron chi connectivity index (χ1n) is 9.46. The number of aromatic nitrogens is 2. The molecule has 1 aliphatic rings. The van der Waals surface area contributed by atoms with E-state index in [1.165, 1.54) is 19.3 Å². The van der Waals surface area contributed by atoms with Crippen LogP contribution in [0.1, 0.15) is 55.4 Å². The van der Waals surface area contributed by atoms with Crippen molar-refractivity contribution in [3.63, 3.8) is 0 Å². The fraction of sp³-hybridized carbons (Fsp3) is 0.381. The number of rotatable bonds is 4. The molecule has 0 bridgehead atoms. The number of nitrogens with zero attached hydrogens (tertiary/aromatic N) is 4. The molecule has 1 N–H and O–H groups in total. The third-order valence-corrected chi connectivity index (χ3v) is 5.24. The van der Waals surface area contributed by atoms with Crippen LogP contribution in [0.3, 0.4) is 0 Å². The Morgan fingerprint density at radius 2 is 2.03 bits per heavy atom. The number of ether oxygens (including phenoxy) is 1. The number of esters is 1. The predicted octanol–water partition coefficient (Wildman–Crippen LogP) is 3.07. The summed E-state index contributed by atoms with van der Waals surface area (Å²) in [6.45, 7) is 7.60. The molecule has 1 aromatic heterocycles. The molecule has 1 aliphatic heterocycles. The van der Waals surface area contributed by atoms with Crippen LogP contribution >= 0.6 is 0 Å². The maximum atomic E-state index is 12.3. The number of nitriles is 1. The summed E-state index contributed by atoms with van der Waals surface area (Å²) in [5, 5.41) is 12.3. The average molecular weight is 393 g/mol. The van der Waals surface area contributed by atoms with E-state index >= 15 is 0 Å². The Morgan fingerprint density at radius 3 is 2.62 bits per heavy atom. The molecule has 0 aliphatic carbocycles. The molecular formula is C21H23N5O3. The average Bonchev–Trinajstić information content (AvgIpc) is 2.71. The van der Waals surface area contributed by atoms with Crippen LogP contribution in [0.5, 0.6) is 0 Å². The molecule has 8 heteroatoms. The lowest BCUT2D eigenvalue weighted by Gasteiger charge is -2.44.